The molecule has 0 saturated heterocycles. The van der Waals surface area contributed by atoms with Gasteiger partial charge in [-0.1, -0.05) is 23.4 Å². The molecule has 0 aliphatic carbocycles. The third kappa shape index (κ3) is 2.50. The van der Waals surface area contributed by atoms with Crippen molar-refractivity contribution in [2.75, 3.05) is 0 Å². The minimum absolute atomic E-state index is 0.310. The van der Waals surface area contributed by atoms with E-state index in [0.717, 1.165) is 0 Å². The van der Waals surface area contributed by atoms with Crippen LogP contribution in [-0.2, 0) is 0 Å². The van der Waals surface area contributed by atoms with E-state index < -0.39 is 6.04 Å². The van der Waals surface area contributed by atoms with E-state index in [2.05, 4.69) is 30.9 Å². The number of aromatic amines is 2. The Balaban J connectivity index is 1.96. The second kappa shape index (κ2) is 5.16. The first-order valence-corrected chi connectivity index (χ1v) is 6.31. The average molecular weight is 284 g/mol. The van der Waals surface area contributed by atoms with Crippen LogP contribution >= 0.6 is 0 Å². The monoisotopic (exact) mass is 284 g/mol. The first kappa shape index (κ1) is 13.0. The number of para-hydroxylation sites is 1. The fourth-order valence-electron chi connectivity index (χ4n) is 2.08. The number of carbonyl (C=O) groups excluding carboxylic acids is 1. The second-order valence-electron chi connectivity index (χ2n) is 4.56. The van der Waals surface area contributed by atoms with Gasteiger partial charge in [-0.05, 0) is 13.0 Å². The van der Waals surface area contributed by atoms with Gasteiger partial charge in [-0.2, -0.15) is 5.21 Å². The topological polar surface area (TPSA) is 116 Å². The number of nitrogens with one attached hydrogen (secondary N) is 3. The van der Waals surface area contributed by atoms with Crippen LogP contribution in [0.5, 0.6) is 0 Å². The van der Waals surface area contributed by atoms with E-state index in [0.29, 0.717) is 22.3 Å². The van der Waals surface area contributed by atoms with Crippen molar-refractivity contribution in [1.29, 1.82) is 0 Å². The van der Waals surface area contributed by atoms with Crippen molar-refractivity contribution in [2.45, 2.75) is 13.0 Å². The molecule has 21 heavy (non-hydrogen) atoms. The summed E-state index contributed by atoms with van der Waals surface area (Å²) in [7, 11) is 0. The minimum Gasteiger partial charge on any atom is -0.342 e. The van der Waals surface area contributed by atoms with Crippen LogP contribution in [0, 0.1) is 0 Å². The second-order valence-corrected chi connectivity index (χ2v) is 4.56. The quantitative estimate of drug-likeness (QED) is 0.648. The van der Waals surface area contributed by atoms with Crippen LogP contribution in [0.15, 0.2) is 35.1 Å². The van der Waals surface area contributed by atoms with Crippen LogP contribution in [0.25, 0.3) is 10.9 Å². The van der Waals surface area contributed by atoms with Crippen LogP contribution in [0.1, 0.15) is 29.1 Å². The normalized spacial score (nSPS) is 12.2. The maximum Gasteiger partial charge on any atom is 0.252 e. The van der Waals surface area contributed by atoms with Gasteiger partial charge in [-0.15, -0.1) is 10.2 Å². The zero-order valence-electron chi connectivity index (χ0n) is 11.1. The summed E-state index contributed by atoms with van der Waals surface area (Å²) >= 11 is 0. The summed E-state index contributed by atoms with van der Waals surface area (Å²) in [5.74, 6) is 0.00657. The lowest BCUT2D eigenvalue weighted by molar-refractivity contribution is 0.0940. The third-order valence-electron chi connectivity index (χ3n) is 3.09. The maximum atomic E-state index is 12.4. The Kier molecular flexibility index (Phi) is 3.19. The third-order valence-corrected chi connectivity index (χ3v) is 3.09. The standard InChI is InChI=1S/C13H12N6O2/c1-7(12-16-18-19-17-12)14-13(21)9-6-11(20)15-10-5-3-2-4-8(9)10/h2-7H,1H3,(H,14,21)(H,15,20)(H,16,17,18,19). The molecule has 1 atom stereocenters. The van der Waals surface area contributed by atoms with Crippen molar-refractivity contribution in [2.24, 2.45) is 0 Å². The van der Waals surface area contributed by atoms with E-state index in [-0.39, 0.29) is 11.5 Å². The fourth-order valence-corrected chi connectivity index (χ4v) is 2.08. The van der Waals surface area contributed by atoms with Gasteiger partial charge in [0.15, 0.2) is 5.82 Å². The van der Waals surface area contributed by atoms with Gasteiger partial charge >= 0.3 is 0 Å². The number of fused-ring (bicyclic) bond motifs is 1. The van der Waals surface area contributed by atoms with Crippen molar-refractivity contribution in [3.8, 4) is 0 Å². The molecule has 1 aromatic carbocycles. The van der Waals surface area contributed by atoms with Gasteiger partial charge in [0, 0.05) is 17.0 Å². The number of rotatable bonds is 3. The van der Waals surface area contributed by atoms with Crippen LogP contribution in [0.3, 0.4) is 0 Å². The Morgan fingerprint density at radius 1 is 1.33 bits per heavy atom. The Morgan fingerprint density at radius 2 is 2.14 bits per heavy atom. The van der Waals surface area contributed by atoms with Crippen molar-refractivity contribution < 1.29 is 4.79 Å². The molecular formula is C13H12N6O2. The van der Waals surface area contributed by atoms with Crippen LogP contribution in [0.4, 0.5) is 0 Å². The number of carbonyl (C=O) groups is 1. The molecule has 0 saturated carbocycles. The van der Waals surface area contributed by atoms with E-state index in [1.54, 1.807) is 31.2 Å². The van der Waals surface area contributed by atoms with Crippen molar-refractivity contribution in [3.63, 3.8) is 0 Å². The molecule has 0 aliphatic rings. The molecule has 8 heteroatoms. The number of tetrazole rings is 1. The highest BCUT2D eigenvalue weighted by Crippen LogP contribution is 2.15. The molecular weight excluding hydrogens is 272 g/mol. The van der Waals surface area contributed by atoms with E-state index in [9.17, 15) is 9.59 Å². The molecule has 1 unspecified atom stereocenters. The molecule has 0 aliphatic heterocycles. The Labute approximate surface area is 118 Å². The lowest BCUT2D eigenvalue weighted by Crippen LogP contribution is -2.28. The zero-order chi connectivity index (χ0) is 14.8. The minimum atomic E-state index is -0.422. The summed E-state index contributed by atoms with van der Waals surface area (Å²) in [6, 6.07) is 7.98. The smallest absolute Gasteiger partial charge is 0.252 e. The summed E-state index contributed by atoms with van der Waals surface area (Å²) in [4.78, 5) is 26.7. The molecule has 0 bridgehead atoms. The van der Waals surface area contributed by atoms with Crippen LogP contribution < -0.4 is 10.9 Å². The number of hydrogen-bond donors (Lipinski definition) is 3. The number of benzene rings is 1. The van der Waals surface area contributed by atoms with E-state index in [1.165, 1.54) is 6.07 Å². The summed E-state index contributed by atoms with van der Waals surface area (Å²) < 4.78 is 0. The highest BCUT2D eigenvalue weighted by atomic mass is 16.2. The Hall–Kier alpha value is -3.03. The lowest BCUT2D eigenvalue weighted by atomic mass is 10.1. The molecule has 2 aromatic heterocycles. The van der Waals surface area contributed by atoms with Gasteiger partial charge in [0.1, 0.15) is 0 Å². The van der Waals surface area contributed by atoms with Gasteiger partial charge in [0.25, 0.3) is 5.91 Å². The molecule has 0 fully saturated rings. The summed E-state index contributed by atoms with van der Waals surface area (Å²) in [6.07, 6.45) is 0. The fraction of sp³-hybridized carbons (Fsp3) is 0.154. The van der Waals surface area contributed by atoms with Gasteiger partial charge in [0.2, 0.25) is 5.56 Å². The van der Waals surface area contributed by atoms with Crippen molar-refractivity contribution in [1.82, 2.24) is 30.9 Å². The maximum absolute atomic E-state index is 12.4. The molecule has 3 N–H and O–H groups in total. The number of nitrogens with zero attached hydrogens (tertiary/aromatic N) is 3. The molecule has 2 heterocycles. The molecule has 3 rings (SSSR count). The molecule has 0 spiro atoms. The van der Waals surface area contributed by atoms with Crippen LogP contribution in [0.2, 0.25) is 0 Å². The summed E-state index contributed by atoms with van der Waals surface area (Å²) in [5.41, 5.74) is 0.595. The molecule has 106 valence electrons. The van der Waals surface area contributed by atoms with E-state index >= 15 is 0 Å². The first-order valence-electron chi connectivity index (χ1n) is 6.31. The van der Waals surface area contributed by atoms with Gasteiger partial charge in [-0.3, -0.25) is 9.59 Å². The first-order chi connectivity index (χ1) is 10.1. The molecule has 0 radical (unpaired) electrons. The number of pyridine rings is 1. The van der Waals surface area contributed by atoms with Crippen LogP contribution in [-0.4, -0.2) is 31.5 Å². The molecule has 1 amide bonds. The Morgan fingerprint density at radius 3 is 2.90 bits per heavy atom. The summed E-state index contributed by atoms with van der Waals surface area (Å²) in [5, 5.41) is 16.8. The highest BCUT2D eigenvalue weighted by Gasteiger charge is 2.17. The number of amides is 1. The Bertz CT molecular complexity index is 839. The van der Waals surface area contributed by atoms with Crippen molar-refractivity contribution >= 4 is 16.8 Å². The largest absolute Gasteiger partial charge is 0.342 e. The zero-order valence-corrected chi connectivity index (χ0v) is 11.1. The lowest BCUT2D eigenvalue weighted by Gasteiger charge is -2.11. The van der Waals surface area contributed by atoms with Gasteiger partial charge < -0.3 is 10.3 Å². The summed E-state index contributed by atoms with van der Waals surface area (Å²) in [6.45, 7) is 1.73. The highest BCUT2D eigenvalue weighted by molar-refractivity contribution is 6.06. The van der Waals surface area contributed by atoms with E-state index in [4.69, 9.17) is 0 Å². The predicted molar refractivity (Wildman–Crippen MR) is 74.6 cm³/mol. The average Bonchev–Trinajstić information content (AvgIpc) is 3.00. The number of aromatic nitrogens is 5. The molecule has 3 aromatic rings. The van der Waals surface area contributed by atoms with Crippen molar-refractivity contribution in [3.05, 3.63) is 52.1 Å². The molecule has 8 nitrogen and oxygen atoms in total. The number of H-pyrrole nitrogens is 2. The van der Waals surface area contributed by atoms with E-state index in [1.807, 2.05) is 0 Å². The number of hydrogen-bond acceptors (Lipinski definition) is 5. The predicted octanol–water partition coefficient (Wildman–Crippen LogP) is 0.532. The van der Waals surface area contributed by atoms with Gasteiger partial charge in [-0.25, -0.2) is 0 Å². The SMILES string of the molecule is CC(NC(=O)c1cc(=O)[nH]c2ccccc12)c1nn[nH]n1. The van der Waals surface area contributed by atoms with Gasteiger partial charge in [0.05, 0.1) is 11.6 Å².